The zero-order valence-electron chi connectivity index (χ0n) is 58.6. The minimum absolute atomic E-state index is 0.0283. The maximum Gasteiger partial charge on any atom is 0.272 e. The number of piperidine rings is 4. The number of halogens is 4. The van der Waals surface area contributed by atoms with Crippen molar-refractivity contribution in [3.63, 3.8) is 0 Å². The second kappa shape index (κ2) is 32.3. The van der Waals surface area contributed by atoms with E-state index >= 15 is 0 Å². The van der Waals surface area contributed by atoms with Crippen LogP contribution in [0.1, 0.15) is 153 Å². The molecule has 1 atom stereocenters. The summed E-state index contributed by atoms with van der Waals surface area (Å²) >= 11 is 0. The van der Waals surface area contributed by atoms with E-state index in [1.54, 1.807) is 33.1 Å². The van der Waals surface area contributed by atoms with E-state index in [9.17, 15) is 45.2 Å². The van der Waals surface area contributed by atoms with Crippen LogP contribution < -0.4 is 0 Å². The molecule has 6 fully saturated rings. The molecule has 15 rings (SSSR count). The number of nitrogens with zero attached hydrogens (tertiary/aromatic N) is 7. The number of aryl methyl sites for hydroxylation is 1. The van der Waals surface area contributed by atoms with Crippen LogP contribution >= 0.6 is 0 Å². The SMILES string of the molecule is CC(C)Cc1cc(C(=O)N2CCC(c3c[nH]c4cc(F)ccc34)CC2)n(C)n1.COCCN1CC(C(=O)N2CCC(c3c[nH]c4cc(F)ccc34)CC2)CC1=O.COCCS(=O)(=O)N1CCC(c2c[nH]c3cc(F)ccc23)CC1.O=C(CC1CC1)N1CCC(c2c[nH]c3cc(F)ccc23)CC1. The number of benzene rings is 4. The van der Waals surface area contributed by atoms with E-state index in [4.69, 9.17) is 9.47 Å². The molecule has 5 aliphatic heterocycles. The first-order valence-corrected chi connectivity index (χ1v) is 37.5. The molecule has 10 heterocycles. The Labute approximate surface area is 587 Å². The second-order valence-electron chi connectivity index (χ2n) is 28.7. The lowest BCUT2D eigenvalue weighted by Gasteiger charge is -2.33. The van der Waals surface area contributed by atoms with Gasteiger partial charge in [0.25, 0.3) is 5.91 Å². The highest BCUT2D eigenvalue weighted by Crippen LogP contribution is 2.40. The normalized spacial score (nSPS) is 18.6. The maximum absolute atomic E-state index is 13.4. The molecule has 6 aliphatic rings. The summed E-state index contributed by atoms with van der Waals surface area (Å²) in [5.74, 6) is 2.04. The third kappa shape index (κ3) is 17.4. The first kappa shape index (κ1) is 72.5. The number of aromatic nitrogens is 6. The summed E-state index contributed by atoms with van der Waals surface area (Å²) < 4.78 is 90.9. The van der Waals surface area contributed by atoms with Gasteiger partial charge in [0.1, 0.15) is 29.0 Å². The molecule has 0 spiro atoms. The molecule has 9 aromatic rings. The number of hydrogen-bond acceptors (Lipinski definition) is 9. The van der Waals surface area contributed by atoms with E-state index in [0.717, 1.165) is 145 Å². The fourth-order valence-corrected chi connectivity index (χ4v) is 17.0. The number of sulfonamides is 1. The number of amides is 4. The number of aromatic amines is 4. The fraction of sp³-hybridized carbons (Fsp3) is 0.494. The van der Waals surface area contributed by atoms with Crippen molar-refractivity contribution >= 4 is 77.3 Å². The topological polar surface area (TPSA) is 218 Å². The first-order chi connectivity index (χ1) is 48.7. The molecular formula is C77H95F4N11O8S. The quantitative estimate of drug-likeness (QED) is 0.0637. The van der Waals surface area contributed by atoms with Gasteiger partial charge in [-0.3, -0.25) is 23.9 Å². The van der Waals surface area contributed by atoms with Gasteiger partial charge in [-0.15, -0.1) is 0 Å². The van der Waals surface area contributed by atoms with Crippen molar-refractivity contribution in [3.05, 3.63) is 161 Å². The lowest BCUT2D eigenvalue weighted by atomic mass is 9.88. The molecule has 5 aromatic heterocycles. The van der Waals surface area contributed by atoms with E-state index in [1.165, 1.54) is 79.1 Å². The molecule has 1 unspecified atom stereocenters. The Morgan fingerprint density at radius 2 is 0.960 bits per heavy atom. The highest BCUT2D eigenvalue weighted by Gasteiger charge is 2.38. The number of fused-ring (bicyclic) bond motifs is 4. The fourth-order valence-electron chi connectivity index (χ4n) is 15.6. The molecule has 5 saturated heterocycles. The molecule has 4 aromatic carbocycles. The van der Waals surface area contributed by atoms with Crippen molar-refractivity contribution < 1.29 is 54.6 Å². The molecule has 4 amide bonds. The van der Waals surface area contributed by atoms with Gasteiger partial charge in [-0.25, -0.2) is 30.3 Å². The van der Waals surface area contributed by atoms with Crippen LogP contribution in [0.5, 0.6) is 0 Å². The van der Waals surface area contributed by atoms with Crippen molar-refractivity contribution in [2.45, 2.75) is 121 Å². The Bertz CT molecular complexity index is 4470. The summed E-state index contributed by atoms with van der Waals surface area (Å²) in [5.41, 5.74) is 9.77. The van der Waals surface area contributed by atoms with E-state index in [0.29, 0.717) is 99.4 Å². The predicted octanol–water partition coefficient (Wildman–Crippen LogP) is 13.0. The van der Waals surface area contributed by atoms with Gasteiger partial charge >= 0.3 is 0 Å². The summed E-state index contributed by atoms with van der Waals surface area (Å²) in [5, 5.41) is 8.77. The van der Waals surface area contributed by atoms with Gasteiger partial charge in [0.15, 0.2) is 0 Å². The van der Waals surface area contributed by atoms with Crippen LogP contribution in [0.15, 0.2) is 104 Å². The maximum atomic E-state index is 13.4. The lowest BCUT2D eigenvalue weighted by molar-refractivity contribution is -0.136. The lowest BCUT2D eigenvalue weighted by Crippen LogP contribution is -2.42. The van der Waals surface area contributed by atoms with E-state index in [2.05, 4.69) is 38.9 Å². The van der Waals surface area contributed by atoms with Crippen molar-refractivity contribution in [1.29, 1.82) is 0 Å². The van der Waals surface area contributed by atoms with E-state index in [-0.39, 0.29) is 59.3 Å². The average Bonchev–Trinajstić information content (AvgIpc) is 1.06. The van der Waals surface area contributed by atoms with Crippen LogP contribution in [0.3, 0.4) is 0 Å². The molecule has 0 bridgehead atoms. The zero-order chi connectivity index (χ0) is 71.1. The van der Waals surface area contributed by atoms with Crippen LogP contribution in [-0.2, 0) is 47.3 Å². The van der Waals surface area contributed by atoms with Crippen molar-refractivity contribution in [1.82, 2.24) is 53.6 Å². The van der Waals surface area contributed by atoms with Gasteiger partial charge in [0.05, 0.1) is 30.6 Å². The standard InChI is InChI=1S/C22H27FN4O.C21H26FN3O3.C18H21FN2O.C16H21FN2O3S/c1-14(2)10-17-12-21(26(3)25-17)22(28)27-8-6-15(7-9-27)19-13-24-20-11-16(23)4-5-18(19)20;1-28-9-8-25-13-15(10-20(25)26)21(27)24-6-4-14(5-7-24)18-12-23-19-11-16(22)2-3-17(18)19;19-14-3-4-15-16(11-20-17(15)10-14)13-5-7-21(8-6-13)18(22)9-12-1-2-12;1-22-8-9-23(20,21)19-6-4-12(5-7-19)15-11-18-16-10-13(17)2-3-14(15)16/h4-5,11-15,24H,6-10H2,1-3H3;2-3,11-12,14-15,23H,4-10,13H2,1H3;3-4,10-13,20H,1-2,5-9H2;2-3,10-12,18H,4-9H2,1H3. The molecule has 540 valence electrons. The zero-order valence-corrected chi connectivity index (χ0v) is 59.4. The summed E-state index contributed by atoms with van der Waals surface area (Å²) in [4.78, 5) is 70.3. The number of hydrogen-bond donors (Lipinski definition) is 4. The van der Waals surface area contributed by atoms with Crippen LogP contribution in [0.2, 0.25) is 0 Å². The number of methoxy groups -OCH3 is 2. The monoisotopic (exact) mass is 1410 g/mol. The smallest absolute Gasteiger partial charge is 0.272 e. The van der Waals surface area contributed by atoms with Crippen LogP contribution in [-0.4, -0.2) is 184 Å². The third-order valence-electron chi connectivity index (χ3n) is 21.3. The van der Waals surface area contributed by atoms with Crippen LogP contribution in [0.4, 0.5) is 17.6 Å². The molecule has 1 saturated carbocycles. The summed E-state index contributed by atoms with van der Waals surface area (Å²) in [6.45, 7) is 11.6. The minimum atomic E-state index is -3.23. The number of likely N-dealkylation sites (tertiary alicyclic amines) is 4. The van der Waals surface area contributed by atoms with Gasteiger partial charge in [0, 0.05) is 168 Å². The van der Waals surface area contributed by atoms with Gasteiger partial charge in [-0.05, 0) is 207 Å². The Morgan fingerprint density at radius 3 is 1.37 bits per heavy atom. The van der Waals surface area contributed by atoms with Crippen molar-refractivity contribution in [2.24, 2.45) is 24.8 Å². The third-order valence-corrected chi connectivity index (χ3v) is 23.2. The number of ether oxygens (including phenoxy) is 2. The van der Waals surface area contributed by atoms with Gasteiger partial charge in [-0.2, -0.15) is 5.10 Å². The van der Waals surface area contributed by atoms with Crippen LogP contribution in [0, 0.1) is 41.0 Å². The Kier molecular flexibility index (Phi) is 23.2. The first-order valence-electron chi connectivity index (χ1n) is 35.9. The highest BCUT2D eigenvalue weighted by molar-refractivity contribution is 7.89. The van der Waals surface area contributed by atoms with E-state index < -0.39 is 10.0 Å². The highest BCUT2D eigenvalue weighted by atomic mass is 32.2. The van der Waals surface area contributed by atoms with Gasteiger partial charge in [-0.1, -0.05) is 13.8 Å². The second-order valence-corrected chi connectivity index (χ2v) is 30.8. The van der Waals surface area contributed by atoms with Crippen molar-refractivity contribution in [2.75, 3.05) is 98.6 Å². The molecule has 24 heteroatoms. The Morgan fingerprint density at radius 1 is 0.554 bits per heavy atom. The number of rotatable bonds is 17. The number of carbonyl (C=O) groups excluding carboxylic acids is 4. The predicted molar refractivity (Wildman–Crippen MR) is 383 cm³/mol. The molecule has 19 nitrogen and oxygen atoms in total. The molecule has 0 radical (unpaired) electrons. The molecule has 4 N–H and O–H groups in total. The average molecular weight is 1410 g/mol. The van der Waals surface area contributed by atoms with Gasteiger partial charge in [0.2, 0.25) is 27.7 Å². The Balaban J connectivity index is 0.000000128. The number of H-pyrrole nitrogens is 4. The largest absolute Gasteiger partial charge is 0.384 e. The van der Waals surface area contributed by atoms with Gasteiger partial charge < -0.3 is 49.0 Å². The van der Waals surface area contributed by atoms with Crippen LogP contribution in [0.25, 0.3) is 43.6 Å². The van der Waals surface area contributed by atoms with Crippen molar-refractivity contribution in [3.8, 4) is 0 Å². The van der Waals surface area contributed by atoms with E-state index in [1.807, 2.05) is 70.8 Å². The molecule has 101 heavy (non-hydrogen) atoms. The minimum Gasteiger partial charge on any atom is -0.384 e. The number of nitrogens with one attached hydrogen (secondary N) is 4. The Hall–Kier alpha value is -8.32. The molecular weight excluding hydrogens is 1310 g/mol. The summed E-state index contributed by atoms with van der Waals surface area (Å²) in [6, 6.07) is 21.3. The summed E-state index contributed by atoms with van der Waals surface area (Å²) in [7, 11) is 1.72. The molecule has 1 aliphatic carbocycles. The number of carbonyl (C=O) groups is 4. The summed E-state index contributed by atoms with van der Waals surface area (Å²) in [6.07, 6.45) is 19.4.